The quantitative estimate of drug-likeness (QED) is 0.145. The normalized spacial score (nSPS) is 15.8. The van der Waals surface area contributed by atoms with Crippen LogP contribution in [-0.2, 0) is 16.1 Å². The van der Waals surface area contributed by atoms with Gasteiger partial charge in [0.05, 0.1) is 5.39 Å². The van der Waals surface area contributed by atoms with Gasteiger partial charge in [-0.2, -0.15) is 0 Å². The molecule has 9 heteroatoms. The Kier molecular flexibility index (Phi) is 17.4. The molecule has 1 aliphatic carbocycles. The zero-order chi connectivity index (χ0) is 38.0. The van der Waals surface area contributed by atoms with Gasteiger partial charge in [-0.15, -0.1) is 0 Å². The van der Waals surface area contributed by atoms with Gasteiger partial charge in [0.25, 0.3) is 5.91 Å². The van der Waals surface area contributed by atoms with Crippen LogP contribution in [0, 0.1) is 6.92 Å². The van der Waals surface area contributed by atoms with E-state index >= 15 is 0 Å². The van der Waals surface area contributed by atoms with E-state index in [1.54, 1.807) is 19.2 Å². The van der Waals surface area contributed by atoms with Crippen LogP contribution in [0.3, 0.4) is 0 Å². The number of nitrogens with zero attached hydrogens (tertiary/aromatic N) is 1. The summed E-state index contributed by atoms with van der Waals surface area (Å²) in [5.41, 5.74) is 6.17. The average molecular weight is 728 g/mol. The number of benzene rings is 3. The van der Waals surface area contributed by atoms with Crippen molar-refractivity contribution in [1.29, 1.82) is 0 Å². The lowest BCUT2D eigenvalue weighted by atomic mass is 9.79. The van der Waals surface area contributed by atoms with Crippen LogP contribution in [0.5, 0.6) is 0 Å². The number of carbonyl (C=O) groups is 3. The Bertz CT molecular complexity index is 1820. The van der Waals surface area contributed by atoms with E-state index in [0.717, 1.165) is 62.1 Å². The summed E-state index contributed by atoms with van der Waals surface area (Å²) in [6.07, 6.45) is 9.68. The molecule has 8 nitrogen and oxygen atoms in total. The number of carbonyl (C=O) groups excluding carboxylic acids is 3. The fourth-order valence-corrected chi connectivity index (χ4v) is 6.53. The van der Waals surface area contributed by atoms with E-state index in [9.17, 15) is 14.4 Å². The molecule has 52 heavy (non-hydrogen) atoms. The first kappa shape index (κ1) is 41.7. The van der Waals surface area contributed by atoms with E-state index in [-0.39, 0.29) is 23.1 Å². The Balaban J connectivity index is 0.000000479. The number of likely N-dealkylation sites (tertiary alicyclic amines) is 1. The van der Waals surface area contributed by atoms with Gasteiger partial charge >= 0.3 is 0 Å². The molecule has 2 fully saturated rings. The number of piperidine rings is 1. The van der Waals surface area contributed by atoms with Crippen molar-refractivity contribution in [2.45, 2.75) is 98.1 Å². The lowest BCUT2D eigenvalue weighted by molar-refractivity contribution is -0.133. The van der Waals surface area contributed by atoms with Crippen molar-refractivity contribution in [3.05, 3.63) is 122 Å². The molecule has 2 heterocycles. The van der Waals surface area contributed by atoms with Crippen LogP contribution in [0.15, 0.2) is 93.7 Å². The maximum Gasteiger partial charge on any atom is 0.287 e. The Morgan fingerprint density at radius 2 is 1.65 bits per heavy atom. The molecule has 1 saturated carbocycles. The second-order valence-corrected chi connectivity index (χ2v) is 13.2. The van der Waals surface area contributed by atoms with Gasteiger partial charge in [-0.3, -0.25) is 14.4 Å². The van der Waals surface area contributed by atoms with Gasteiger partial charge in [-0.25, -0.2) is 0 Å². The first-order valence-electron chi connectivity index (χ1n) is 18.4. The van der Waals surface area contributed by atoms with E-state index in [4.69, 9.17) is 20.8 Å². The molecule has 1 aromatic heterocycles. The van der Waals surface area contributed by atoms with Gasteiger partial charge in [0.1, 0.15) is 11.9 Å². The van der Waals surface area contributed by atoms with Gasteiger partial charge in [0, 0.05) is 49.4 Å². The van der Waals surface area contributed by atoms with Crippen molar-refractivity contribution in [3.8, 4) is 0 Å². The Morgan fingerprint density at radius 1 is 0.981 bits per heavy atom. The summed E-state index contributed by atoms with van der Waals surface area (Å²) in [5, 5.41) is 7.20. The minimum absolute atomic E-state index is 0.0162. The number of fused-ring (bicyclic) bond motifs is 1. The molecule has 1 aliphatic heterocycles. The lowest BCUT2D eigenvalue weighted by Gasteiger charge is -2.30. The number of amides is 2. The predicted octanol–water partition coefficient (Wildman–Crippen LogP) is 9.63. The molecule has 4 aromatic rings. The van der Waals surface area contributed by atoms with Gasteiger partial charge in [-0.1, -0.05) is 79.1 Å². The molecule has 2 aliphatic rings. The van der Waals surface area contributed by atoms with Crippen LogP contribution in [0.4, 0.5) is 5.69 Å². The standard InChI is InChI=1S/C32H37N3O4.C7H7Cl.C2H4O.C2H6/c1-21(34-32(38)30-19-28(36)27-18-25(33-2)14-15-29(27)39-30)17-22-10-12-23(13-11-22)26-8-4-3-7-24(26)20-35-16-6-5-9-31(35)37;1-6-2-4-7(8)5-3-6;1-2-3;1-2/h3-4,7-8,14-15,17-19,21,23,33H,5-6,9-13,16,20H2,1-2H3,(H,34,38);2-5H,1H3;2H,1H3;1-2H3. The number of rotatable bonds is 7. The molecular formula is C43H54ClN3O5. The average Bonchev–Trinajstić information content (AvgIpc) is 3.15. The van der Waals surface area contributed by atoms with Crippen molar-refractivity contribution < 1.29 is 18.8 Å². The third-order valence-electron chi connectivity index (χ3n) is 9.00. The number of allylic oxidation sites excluding steroid dienone is 1. The zero-order valence-electron chi connectivity index (χ0n) is 31.5. The topological polar surface area (TPSA) is 109 Å². The molecule has 278 valence electrons. The number of aldehydes is 1. The highest BCUT2D eigenvalue weighted by atomic mass is 35.5. The van der Waals surface area contributed by atoms with E-state index in [1.165, 1.54) is 35.3 Å². The third-order valence-corrected chi connectivity index (χ3v) is 9.25. The lowest BCUT2D eigenvalue weighted by Crippen LogP contribution is -2.35. The number of hydrogen-bond acceptors (Lipinski definition) is 6. The summed E-state index contributed by atoms with van der Waals surface area (Å²) in [7, 11) is 1.78. The summed E-state index contributed by atoms with van der Waals surface area (Å²) < 4.78 is 5.75. The molecule has 3 aromatic carbocycles. The molecule has 1 unspecified atom stereocenters. The van der Waals surface area contributed by atoms with E-state index in [1.807, 2.05) is 62.9 Å². The Morgan fingerprint density at radius 3 is 2.29 bits per heavy atom. The maximum atomic E-state index is 12.9. The Hall–Kier alpha value is -4.69. The fourth-order valence-electron chi connectivity index (χ4n) is 6.41. The summed E-state index contributed by atoms with van der Waals surface area (Å²) in [6, 6.07) is 22.6. The van der Waals surface area contributed by atoms with Crippen LogP contribution in [0.25, 0.3) is 11.0 Å². The van der Waals surface area contributed by atoms with Crippen molar-refractivity contribution in [2.24, 2.45) is 0 Å². The van der Waals surface area contributed by atoms with Crippen molar-refractivity contribution >= 4 is 46.4 Å². The van der Waals surface area contributed by atoms with Crippen LogP contribution < -0.4 is 16.1 Å². The van der Waals surface area contributed by atoms with Gasteiger partial charge in [-0.05, 0) is 107 Å². The Labute approximate surface area is 313 Å². The largest absolute Gasteiger partial charge is 0.451 e. The summed E-state index contributed by atoms with van der Waals surface area (Å²) in [4.78, 5) is 48.6. The van der Waals surface area contributed by atoms with Crippen molar-refractivity contribution in [2.75, 3.05) is 18.9 Å². The molecule has 0 radical (unpaired) electrons. The minimum atomic E-state index is -0.397. The molecule has 2 amide bonds. The summed E-state index contributed by atoms with van der Waals surface area (Å²) in [5.74, 6) is 0.360. The van der Waals surface area contributed by atoms with Gasteiger partial charge < -0.3 is 24.7 Å². The van der Waals surface area contributed by atoms with Crippen molar-refractivity contribution in [1.82, 2.24) is 10.2 Å². The zero-order valence-corrected chi connectivity index (χ0v) is 32.2. The monoisotopic (exact) mass is 727 g/mol. The number of nitrogens with one attached hydrogen (secondary N) is 2. The fraction of sp³-hybridized carbons (Fsp3) is 0.395. The van der Waals surface area contributed by atoms with Crippen LogP contribution in [0.1, 0.15) is 106 Å². The van der Waals surface area contributed by atoms with Gasteiger partial charge in [0.15, 0.2) is 11.2 Å². The number of halogens is 1. The molecule has 6 rings (SSSR count). The first-order chi connectivity index (χ1) is 25.1. The minimum Gasteiger partial charge on any atom is -0.451 e. The maximum absolute atomic E-state index is 12.9. The number of hydrogen-bond donors (Lipinski definition) is 2. The second-order valence-electron chi connectivity index (χ2n) is 12.8. The van der Waals surface area contributed by atoms with Crippen LogP contribution in [-0.4, -0.2) is 42.6 Å². The van der Waals surface area contributed by atoms with Crippen LogP contribution >= 0.6 is 11.6 Å². The van der Waals surface area contributed by atoms with Crippen molar-refractivity contribution in [3.63, 3.8) is 0 Å². The highest BCUT2D eigenvalue weighted by Crippen LogP contribution is 2.37. The molecule has 0 bridgehead atoms. The smallest absolute Gasteiger partial charge is 0.287 e. The molecule has 1 saturated heterocycles. The number of aryl methyl sites for hydroxylation is 1. The predicted molar refractivity (Wildman–Crippen MR) is 213 cm³/mol. The third kappa shape index (κ3) is 12.5. The van der Waals surface area contributed by atoms with E-state index in [0.29, 0.717) is 29.9 Å². The summed E-state index contributed by atoms with van der Waals surface area (Å²) in [6.45, 7) is 11.0. The highest BCUT2D eigenvalue weighted by Gasteiger charge is 2.24. The molecule has 1 atom stereocenters. The SMILES string of the molecule is CC.CC=O.CNc1ccc2oc(C(=O)NC(C)C=C3CCC(c4ccccc4CN4CCCCC4=O)CC3)cc(=O)c2c1.Cc1ccc(Cl)cc1. The molecule has 0 spiro atoms. The molecular weight excluding hydrogens is 674 g/mol. The second kappa shape index (κ2) is 21.6. The first-order valence-corrected chi connectivity index (χ1v) is 18.7. The highest BCUT2D eigenvalue weighted by molar-refractivity contribution is 6.30. The summed E-state index contributed by atoms with van der Waals surface area (Å²) >= 11 is 5.61. The van der Waals surface area contributed by atoms with Crippen LogP contribution in [0.2, 0.25) is 5.02 Å². The van der Waals surface area contributed by atoms with E-state index < -0.39 is 5.91 Å². The molecule has 2 N–H and O–H groups in total. The van der Waals surface area contributed by atoms with E-state index in [2.05, 4.69) is 41.0 Å². The van der Waals surface area contributed by atoms with Gasteiger partial charge in [0.2, 0.25) is 5.91 Å². The number of anilines is 1.